The third-order valence-corrected chi connectivity index (χ3v) is 3.93. The zero-order chi connectivity index (χ0) is 16.0. The van der Waals surface area contributed by atoms with Crippen LogP contribution < -0.4 is 14.4 Å². The number of hydrogen-bond donors (Lipinski definition) is 1. The molecule has 1 aromatic rings. The van der Waals surface area contributed by atoms with E-state index in [1.54, 1.807) is 24.3 Å². The summed E-state index contributed by atoms with van der Waals surface area (Å²) in [5.74, 6) is 0.384. The molecule has 0 heterocycles. The minimum atomic E-state index is -3.47. The summed E-state index contributed by atoms with van der Waals surface area (Å²) in [6.07, 6.45) is 1.22. The molecular weight excluding hydrogens is 292 g/mol. The van der Waals surface area contributed by atoms with E-state index in [4.69, 9.17) is 4.74 Å². The van der Waals surface area contributed by atoms with Crippen molar-refractivity contribution in [1.29, 1.82) is 0 Å². The number of carbonyl (C=O) groups excluding carboxylic acids is 1. The van der Waals surface area contributed by atoms with E-state index in [-0.39, 0.29) is 24.9 Å². The van der Waals surface area contributed by atoms with E-state index in [0.29, 0.717) is 11.4 Å². The smallest absolute Gasteiger partial charge is 0.232 e. The van der Waals surface area contributed by atoms with Gasteiger partial charge in [-0.05, 0) is 26.0 Å². The van der Waals surface area contributed by atoms with Crippen molar-refractivity contribution in [3.8, 4) is 5.75 Å². The largest absolute Gasteiger partial charge is 0.497 e. The van der Waals surface area contributed by atoms with Crippen molar-refractivity contribution in [2.45, 2.75) is 26.3 Å². The van der Waals surface area contributed by atoms with Crippen molar-refractivity contribution >= 4 is 21.6 Å². The summed E-state index contributed by atoms with van der Waals surface area (Å²) in [5.41, 5.74) is 0.481. The highest BCUT2D eigenvalue weighted by molar-refractivity contribution is 7.92. The molecule has 0 aromatic heterocycles. The number of amides is 1. The Morgan fingerprint density at radius 1 is 1.38 bits per heavy atom. The fourth-order valence-corrected chi connectivity index (χ4v) is 2.77. The summed E-state index contributed by atoms with van der Waals surface area (Å²) in [4.78, 5) is 11.7. The second-order valence-electron chi connectivity index (χ2n) is 5.01. The third-order valence-electron chi connectivity index (χ3n) is 2.73. The van der Waals surface area contributed by atoms with Crippen LogP contribution in [0.1, 0.15) is 20.3 Å². The van der Waals surface area contributed by atoms with Gasteiger partial charge in [-0.15, -0.1) is 0 Å². The average molecular weight is 314 g/mol. The van der Waals surface area contributed by atoms with E-state index in [1.807, 2.05) is 13.8 Å². The molecule has 1 rings (SSSR count). The standard InChI is InChI=1S/C14H22N2O4S/c1-11(2)15-14(17)8-9-16(21(4,18)19)12-6-5-7-13(10-12)20-3/h5-7,10-11H,8-9H2,1-4H3,(H,15,17). The Balaban J connectivity index is 2.89. The van der Waals surface area contributed by atoms with Crippen molar-refractivity contribution in [3.63, 3.8) is 0 Å². The monoisotopic (exact) mass is 314 g/mol. The van der Waals surface area contributed by atoms with Crippen LogP contribution >= 0.6 is 0 Å². The summed E-state index contributed by atoms with van der Waals surface area (Å²) in [7, 11) is -1.96. The Kier molecular flexibility index (Phi) is 6.02. The van der Waals surface area contributed by atoms with Crippen LogP contribution in [0.2, 0.25) is 0 Å². The van der Waals surface area contributed by atoms with Gasteiger partial charge in [0.25, 0.3) is 0 Å². The van der Waals surface area contributed by atoms with Gasteiger partial charge in [0.1, 0.15) is 5.75 Å². The number of benzene rings is 1. The summed E-state index contributed by atoms with van der Waals surface area (Å²) in [5, 5.41) is 2.74. The SMILES string of the molecule is COc1cccc(N(CCC(=O)NC(C)C)S(C)(=O)=O)c1. The third kappa shape index (κ3) is 5.63. The molecule has 6 nitrogen and oxygen atoms in total. The Morgan fingerprint density at radius 3 is 2.57 bits per heavy atom. The van der Waals surface area contributed by atoms with E-state index in [0.717, 1.165) is 6.26 Å². The molecule has 0 fully saturated rings. The van der Waals surface area contributed by atoms with Crippen LogP contribution in [0.3, 0.4) is 0 Å². The van der Waals surface area contributed by atoms with Crippen molar-refractivity contribution in [2.75, 3.05) is 24.2 Å². The van der Waals surface area contributed by atoms with Gasteiger partial charge in [0.2, 0.25) is 15.9 Å². The topological polar surface area (TPSA) is 75.7 Å². The molecule has 1 amide bonds. The lowest BCUT2D eigenvalue weighted by atomic mass is 10.3. The van der Waals surface area contributed by atoms with Gasteiger partial charge in [0.15, 0.2) is 0 Å². The van der Waals surface area contributed by atoms with Crippen LogP contribution in [-0.2, 0) is 14.8 Å². The first kappa shape index (κ1) is 17.3. The number of anilines is 1. The molecule has 118 valence electrons. The molecule has 0 spiro atoms. The summed E-state index contributed by atoms with van der Waals surface area (Å²) >= 11 is 0. The Bertz CT molecular complexity index is 584. The van der Waals surface area contributed by atoms with Crippen molar-refractivity contribution < 1.29 is 17.9 Å². The summed E-state index contributed by atoms with van der Waals surface area (Å²) in [6, 6.07) is 6.77. The minimum absolute atomic E-state index is 0.0287. The highest BCUT2D eigenvalue weighted by atomic mass is 32.2. The Labute approximate surface area is 126 Å². The van der Waals surface area contributed by atoms with Gasteiger partial charge in [-0.1, -0.05) is 6.07 Å². The molecule has 0 bridgehead atoms. The molecule has 0 atom stereocenters. The van der Waals surface area contributed by atoms with Gasteiger partial charge in [-0.3, -0.25) is 9.10 Å². The van der Waals surface area contributed by atoms with Crippen molar-refractivity contribution in [2.24, 2.45) is 0 Å². The van der Waals surface area contributed by atoms with Crippen molar-refractivity contribution in [1.82, 2.24) is 5.32 Å². The Morgan fingerprint density at radius 2 is 2.05 bits per heavy atom. The van der Waals surface area contributed by atoms with E-state index in [2.05, 4.69) is 5.32 Å². The molecule has 0 radical (unpaired) electrons. The normalized spacial score (nSPS) is 11.3. The molecule has 0 aliphatic rings. The predicted octanol–water partition coefficient (Wildman–Crippen LogP) is 1.38. The number of sulfonamides is 1. The maximum Gasteiger partial charge on any atom is 0.232 e. The number of rotatable bonds is 7. The lowest BCUT2D eigenvalue weighted by molar-refractivity contribution is -0.121. The molecule has 21 heavy (non-hydrogen) atoms. The van der Waals surface area contributed by atoms with Crippen molar-refractivity contribution in [3.05, 3.63) is 24.3 Å². The fraction of sp³-hybridized carbons (Fsp3) is 0.500. The van der Waals surface area contributed by atoms with Gasteiger partial charge < -0.3 is 10.1 Å². The number of methoxy groups -OCH3 is 1. The molecule has 0 aliphatic heterocycles. The van der Waals surface area contributed by atoms with Crippen LogP contribution in [0.25, 0.3) is 0 Å². The van der Waals surface area contributed by atoms with Crippen LogP contribution in [0.15, 0.2) is 24.3 Å². The number of nitrogens with zero attached hydrogens (tertiary/aromatic N) is 1. The second kappa shape index (κ2) is 7.31. The molecular formula is C14H22N2O4S. The van der Waals surface area contributed by atoms with E-state index in [1.165, 1.54) is 11.4 Å². The zero-order valence-corrected chi connectivity index (χ0v) is 13.6. The minimum Gasteiger partial charge on any atom is -0.497 e. The fourth-order valence-electron chi connectivity index (χ4n) is 1.85. The predicted molar refractivity (Wildman–Crippen MR) is 83.1 cm³/mol. The number of nitrogens with one attached hydrogen (secondary N) is 1. The molecule has 0 saturated heterocycles. The van der Waals surface area contributed by atoms with Crippen LogP contribution in [0, 0.1) is 0 Å². The number of ether oxygens (including phenoxy) is 1. The van der Waals surface area contributed by atoms with E-state index >= 15 is 0 Å². The van der Waals surface area contributed by atoms with Gasteiger partial charge in [-0.2, -0.15) is 0 Å². The number of carbonyl (C=O) groups is 1. The average Bonchev–Trinajstić information content (AvgIpc) is 2.36. The molecule has 1 aromatic carbocycles. The maximum atomic E-state index is 11.9. The van der Waals surface area contributed by atoms with Gasteiger partial charge in [-0.25, -0.2) is 8.42 Å². The highest BCUT2D eigenvalue weighted by Crippen LogP contribution is 2.23. The van der Waals surface area contributed by atoms with Gasteiger partial charge in [0.05, 0.1) is 19.1 Å². The molecule has 1 N–H and O–H groups in total. The zero-order valence-electron chi connectivity index (χ0n) is 12.8. The number of hydrogen-bond acceptors (Lipinski definition) is 4. The molecule has 0 saturated carbocycles. The molecule has 0 unspecified atom stereocenters. The second-order valence-corrected chi connectivity index (χ2v) is 6.92. The first-order chi connectivity index (χ1) is 9.74. The quantitative estimate of drug-likeness (QED) is 0.825. The summed E-state index contributed by atoms with van der Waals surface area (Å²) < 4.78 is 30.1. The van der Waals surface area contributed by atoms with E-state index < -0.39 is 10.0 Å². The first-order valence-corrected chi connectivity index (χ1v) is 8.50. The molecule has 7 heteroatoms. The van der Waals surface area contributed by atoms with Crippen LogP contribution in [0.4, 0.5) is 5.69 Å². The van der Waals surface area contributed by atoms with Crippen LogP contribution in [-0.4, -0.2) is 40.3 Å². The molecule has 0 aliphatic carbocycles. The van der Waals surface area contributed by atoms with Gasteiger partial charge >= 0.3 is 0 Å². The highest BCUT2D eigenvalue weighted by Gasteiger charge is 2.19. The maximum absolute atomic E-state index is 11.9. The van der Waals surface area contributed by atoms with E-state index in [9.17, 15) is 13.2 Å². The summed E-state index contributed by atoms with van der Waals surface area (Å²) in [6.45, 7) is 3.80. The van der Waals surface area contributed by atoms with Gasteiger partial charge in [0, 0.05) is 25.1 Å². The Hall–Kier alpha value is -1.76. The lowest BCUT2D eigenvalue weighted by Gasteiger charge is -2.22. The first-order valence-electron chi connectivity index (χ1n) is 6.65. The lowest BCUT2D eigenvalue weighted by Crippen LogP contribution is -2.36. The van der Waals surface area contributed by atoms with Crippen LogP contribution in [0.5, 0.6) is 5.75 Å².